The van der Waals surface area contributed by atoms with Gasteiger partial charge in [0, 0.05) is 43.2 Å². The van der Waals surface area contributed by atoms with Crippen LogP contribution >= 0.6 is 0 Å². The monoisotopic (exact) mass is 302 g/mol. The molecule has 1 atom stereocenters. The molecule has 2 aromatic rings. The highest BCUT2D eigenvalue weighted by Crippen LogP contribution is 2.19. The van der Waals surface area contributed by atoms with Crippen molar-refractivity contribution in [3.63, 3.8) is 0 Å². The lowest BCUT2D eigenvalue weighted by atomic mass is 10.2. The molecule has 0 aliphatic carbocycles. The second-order valence-electron chi connectivity index (χ2n) is 5.38. The fourth-order valence-corrected chi connectivity index (χ4v) is 2.57. The first-order valence-electron chi connectivity index (χ1n) is 7.30. The summed E-state index contributed by atoms with van der Waals surface area (Å²) in [7, 11) is 0. The average molecular weight is 302 g/mol. The minimum absolute atomic E-state index is 0.0209. The maximum atomic E-state index is 12.2. The normalized spacial score (nSPS) is 18.4. The van der Waals surface area contributed by atoms with Gasteiger partial charge in [0.15, 0.2) is 6.61 Å². The maximum absolute atomic E-state index is 12.2. The number of rotatable bonds is 3. The van der Waals surface area contributed by atoms with Gasteiger partial charge in [-0.2, -0.15) is 0 Å². The number of carbonyl (C=O) groups excluding carboxylic acids is 1. The molecule has 1 fully saturated rings. The summed E-state index contributed by atoms with van der Waals surface area (Å²) in [5, 5.41) is 4.06. The molecule has 2 heterocycles. The van der Waals surface area contributed by atoms with Crippen molar-refractivity contribution in [1.29, 1.82) is 0 Å². The van der Waals surface area contributed by atoms with Crippen molar-refractivity contribution >= 4 is 16.9 Å². The Kier molecular flexibility index (Phi) is 4.11. The van der Waals surface area contributed by atoms with Crippen LogP contribution in [0.25, 0.3) is 11.0 Å². The largest absolute Gasteiger partial charge is 0.484 e. The number of amides is 1. The van der Waals surface area contributed by atoms with Gasteiger partial charge in [-0.15, -0.1) is 0 Å². The van der Waals surface area contributed by atoms with E-state index in [1.165, 1.54) is 6.07 Å². The van der Waals surface area contributed by atoms with Gasteiger partial charge in [-0.25, -0.2) is 4.79 Å². The predicted octanol–water partition coefficient (Wildman–Crippen LogP) is 0.992. The van der Waals surface area contributed by atoms with E-state index < -0.39 is 5.63 Å². The van der Waals surface area contributed by atoms with Gasteiger partial charge in [0.1, 0.15) is 11.3 Å². The predicted molar refractivity (Wildman–Crippen MR) is 82.0 cm³/mol. The molecule has 6 heteroatoms. The Morgan fingerprint density at radius 1 is 1.41 bits per heavy atom. The maximum Gasteiger partial charge on any atom is 0.336 e. The van der Waals surface area contributed by atoms with Crippen LogP contribution in [0, 0.1) is 0 Å². The molecule has 1 aromatic carbocycles. The third-order valence-corrected chi connectivity index (χ3v) is 3.78. The number of benzene rings is 1. The van der Waals surface area contributed by atoms with E-state index in [9.17, 15) is 9.59 Å². The zero-order chi connectivity index (χ0) is 15.5. The van der Waals surface area contributed by atoms with Gasteiger partial charge < -0.3 is 19.4 Å². The zero-order valence-corrected chi connectivity index (χ0v) is 12.4. The van der Waals surface area contributed by atoms with Gasteiger partial charge >= 0.3 is 5.63 Å². The Balaban J connectivity index is 1.68. The summed E-state index contributed by atoms with van der Waals surface area (Å²) < 4.78 is 10.6. The van der Waals surface area contributed by atoms with Gasteiger partial charge in [-0.05, 0) is 25.1 Å². The van der Waals surface area contributed by atoms with Crippen molar-refractivity contribution in [2.24, 2.45) is 0 Å². The minimum atomic E-state index is -0.407. The van der Waals surface area contributed by atoms with Crippen LogP contribution in [-0.4, -0.2) is 43.1 Å². The van der Waals surface area contributed by atoms with Crippen molar-refractivity contribution in [3.05, 3.63) is 40.8 Å². The molecule has 22 heavy (non-hydrogen) atoms. The number of hydrogen-bond acceptors (Lipinski definition) is 5. The molecule has 116 valence electrons. The number of nitrogens with zero attached hydrogens (tertiary/aromatic N) is 1. The SMILES string of the molecule is CC1CNCCN1C(=O)COc1ccc2ccc(=O)oc2c1. The van der Waals surface area contributed by atoms with Crippen molar-refractivity contribution in [3.8, 4) is 5.75 Å². The van der Waals surface area contributed by atoms with Gasteiger partial charge in [-0.3, -0.25) is 4.79 Å². The van der Waals surface area contributed by atoms with E-state index in [1.807, 2.05) is 11.8 Å². The zero-order valence-electron chi connectivity index (χ0n) is 12.4. The van der Waals surface area contributed by atoms with Crippen molar-refractivity contribution < 1.29 is 13.9 Å². The second kappa shape index (κ2) is 6.19. The summed E-state index contributed by atoms with van der Waals surface area (Å²) in [4.78, 5) is 25.2. The van der Waals surface area contributed by atoms with E-state index in [1.54, 1.807) is 24.3 Å². The van der Waals surface area contributed by atoms with E-state index in [0.717, 1.165) is 18.5 Å². The molecule has 1 N–H and O–H groups in total. The first-order chi connectivity index (χ1) is 10.6. The number of carbonyl (C=O) groups is 1. The molecule has 1 amide bonds. The Labute approximate surface area is 127 Å². The van der Waals surface area contributed by atoms with Gasteiger partial charge in [0.25, 0.3) is 5.91 Å². The molecule has 3 rings (SSSR count). The smallest absolute Gasteiger partial charge is 0.336 e. The van der Waals surface area contributed by atoms with Crippen LogP contribution in [0.3, 0.4) is 0 Å². The van der Waals surface area contributed by atoms with E-state index in [0.29, 0.717) is 17.9 Å². The van der Waals surface area contributed by atoms with Crippen LogP contribution in [-0.2, 0) is 4.79 Å². The van der Waals surface area contributed by atoms with Crippen LogP contribution in [0.1, 0.15) is 6.92 Å². The third-order valence-electron chi connectivity index (χ3n) is 3.78. The summed E-state index contributed by atoms with van der Waals surface area (Å²) in [6, 6.07) is 8.42. The lowest BCUT2D eigenvalue weighted by Crippen LogP contribution is -2.53. The minimum Gasteiger partial charge on any atom is -0.484 e. The topological polar surface area (TPSA) is 71.8 Å². The second-order valence-corrected chi connectivity index (χ2v) is 5.38. The molecule has 1 unspecified atom stereocenters. The third kappa shape index (κ3) is 3.12. The Bertz CT molecular complexity index is 740. The van der Waals surface area contributed by atoms with Crippen molar-refractivity contribution in [1.82, 2.24) is 10.2 Å². The summed E-state index contributed by atoms with van der Waals surface area (Å²) in [6.45, 7) is 4.28. The number of hydrogen-bond donors (Lipinski definition) is 1. The quantitative estimate of drug-likeness (QED) is 0.856. The molecule has 1 aliphatic rings. The van der Waals surface area contributed by atoms with Crippen LogP contribution in [0.5, 0.6) is 5.75 Å². The highest BCUT2D eigenvalue weighted by atomic mass is 16.5. The first-order valence-corrected chi connectivity index (χ1v) is 7.30. The molecule has 1 aliphatic heterocycles. The van der Waals surface area contributed by atoms with Crippen LogP contribution in [0.15, 0.2) is 39.5 Å². The molecule has 6 nitrogen and oxygen atoms in total. The van der Waals surface area contributed by atoms with Crippen LogP contribution in [0.4, 0.5) is 0 Å². The van der Waals surface area contributed by atoms with Gasteiger partial charge in [0.05, 0.1) is 0 Å². The first kappa shape index (κ1) is 14.6. The fraction of sp³-hybridized carbons (Fsp3) is 0.375. The molecule has 0 saturated carbocycles. The molecule has 0 spiro atoms. The Morgan fingerprint density at radius 2 is 2.23 bits per heavy atom. The van der Waals surface area contributed by atoms with E-state index in [2.05, 4.69) is 5.32 Å². The van der Waals surface area contributed by atoms with Crippen molar-refractivity contribution in [2.75, 3.05) is 26.2 Å². The average Bonchev–Trinajstić information content (AvgIpc) is 2.52. The molecular formula is C16H18N2O4. The number of piperazine rings is 1. The molecule has 1 aromatic heterocycles. The van der Waals surface area contributed by atoms with E-state index >= 15 is 0 Å². The highest BCUT2D eigenvalue weighted by molar-refractivity contribution is 5.79. The van der Waals surface area contributed by atoms with Crippen LogP contribution in [0.2, 0.25) is 0 Å². The number of ether oxygens (including phenoxy) is 1. The highest BCUT2D eigenvalue weighted by Gasteiger charge is 2.23. The molecule has 0 bridgehead atoms. The Hall–Kier alpha value is -2.34. The van der Waals surface area contributed by atoms with E-state index in [-0.39, 0.29) is 18.6 Å². The summed E-state index contributed by atoms with van der Waals surface area (Å²) in [5.74, 6) is 0.474. The molecule has 0 radical (unpaired) electrons. The van der Waals surface area contributed by atoms with Gasteiger partial charge in [0.2, 0.25) is 0 Å². The lowest BCUT2D eigenvalue weighted by Gasteiger charge is -2.33. The lowest BCUT2D eigenvalue weighted by molar-refractivity contribution is -0.136. The summed E-state index contributed by atoms with van der Waals surface area (Å²) in [5.41, 5.74) is 0.0448. The van der Waals surface area contributed by atoms with Crippen molar-refractivity contribution in [2.45, 2.75) is 13.0 Å². The standard InChI is InChI=1S/C16H18N2O4/c1-11-9-17-6-7-18(11)15(19)10-21-13-4-2-12-3-5-16(20)22-14(12)8-13/h2-5,8,11,17H,6-7,9-10H2,1H3. The Morgan fingerprint density at radius 3 is 3.05 bits per heavy atom. The number of nitrogens with one attached hydrogen (secondary N) is 1. The summed E-state index contributed by atoms with van der Waals surface area (Å²) in [6.07, 6.45) is 0. The molecular weight excluding hydrogens is 284 g/mol. The number of fused-ring (bicyclic) bond motifs is 1. The van der Waals surface area contributed by atoms with Crippen LogP contribution < -0.4 is 15.7 Å². The summed E-state index contributed by atoms with van der Waals surface area (Å²) >= 11 is 0. The van der Waals surface area contributed by atoms with Gasteiger partial charge in [-0.1, -0.05) is 0 Å². The van der Waals surface area contributed by atoms with E-state index in [4.69, 9.17) is 9.15 Å². The molecule has 1 saturated heterocycles. The fourth-order valence-electron chi connectivity index (χ4n) is 2.57.